The number of rotatable bonds is 1. The molecule has 1 atom stereocenters. The van der Waals surface area contributed by atoms with Crippen molar-refractivity contribution < 1.29 is 0 Å². The molecule has 0 aliphatic heterocycles. The van der Waals surface area contributed by atoms with E-state index in [-0.39, 0.29) is 5.25 Å². The maximum atomic E-state index is 4.94. The van der Waals surface area contributed by atoms with Crippen LogP contribution < -0.4 is 0 Å². The Labute approximate surface area is 59.8 Å². The molecule has 1 heterocycles. The lowest BCUT2D eigenvalue weighted by Crippen LogP contribution is -1.88. The Morgan fingerprint density at radius 1 is 1.56 bits per heavy atom. The predicted molar refractivity (Wildman–Crippen MR) is 38.0 cm³/mol. The van der Waals surface area contributed by atoms with Crippen molar-refractivity contribution in [3.05, 3.63) is 24.3 Å². The average Bonchev–Trinajstić information content (AvgIpc) is 1.90. The lowest BCUT2D eigenvalue weighted by molar-refractivity contribution is 0.983. The lowest BCUT2D eigenvalue weighted by atomic mass is 10.3. The van der Waals surface area contributed by atoms with Gasteiger partial charge < -0.3 is 0 Å². The van der Waals surface area contributed by atoms with Crippen LogP contribution in [0.5, 0.6) is 0 Å². The third-order valence-electron chi connectivity index (χ3n) is 1.000. The highest BCUT2D eigenvalue weighted by Crippen LogP contribution is 2.13. The molecule has 0 amide bonds. The van der Waals surface area contributed by atoms with Crippen LogP contribution in [0, 0.1) is 0 Å². The normalized spacial score (nSPS) is 13.1. The molecule has 0 aliphatic carbocycles. The second kappa shape index (κ2) is 2.82. The van der Waals surface area contributed by atoms with E-state index in [1.54, 1.807) is 18.6 Å². The maximum Gasteiger partial charge on any atom is 0.0722 e. The first kappa shape index (κ1) is 6.55. The van der Waals surface area contributed by atoms with Gasteiger partial charge in [-0.3, -0.25) is 9.97 Å². The molecule has 0 N–H and O–H groups in total. The molecule has 2 nitrogen and oxygen atoms in total. The second-order valence-corrected chi connectivity index (χ2v) is 2.48. The highest BCUT2D eigenvalue weighted by molar-refractivity contribution is 7.80. The summed E-state index contributed by atoms with van der Waals surface area (Å²) in [5.74, 6) is 0. The highest BCUT2D eigenvalue weighted by atomic mass is 32.1. The fourth-order valence-corrected chi connectivity index (χ4v) is 0.642. The minimum atomic E-state index is 0.0682. The molecule has 47 valence electrons. The largest absolute Gasteiger partial charge is 0.261 e. The number of hydrogen-bond donors (Lipinski definition) is 0. The molecule has 0 aromatic carbocycles. The van der Waals surface area contributed by atoms with Crippen LogP contribution in [-0.2, 0) is 0 Å². The molecule has 9 heavy (non-hydrogen) atoms. The van der Waals surface area contributed by atoms with Gasteiger partial charge in [-0.1, -0.05) is 12.6 Å². The van der Waals surface area contributed by atoms with Gasteiger partial charge in [0, 0.05) is 18.6 Å². The minimum absolute atomic E-state index is 0.0682. The van der Waals surface area contributed by atoms with Crippen LogP contribution in [0.25, 0.3) is 0 Å². The third kappa shape index (κ3) is 1.68. The summed E-state index contributed by atoms with van der Waals surface area (Å²) in [6.45, 7) is 1.92. The summed E-state index contributed by atoms with van der Waals surface area (Å²) in [4.78, 5) is 7.89. The van der Waals surface area contributed by atoms with Crippen molar-refractivity contribution in [1.29, 1.82) is 0 Å². The Morgan fingerprint density at radius 3 is 2.67 bits per heavy atom. The molecule has 0 spiro atoms. The van der Waals surface area contributed by atoms with Gasteiger partial charge in [-0.15, -0.1) is 0 Å². The van der Waals surface area contributed by atoms with Crippen molar-refractivity contribution >= 4 is 12.6 Å². The monoisotopic (exact) mass is 139 g/mol. The van der Waals surface area contributed by atoms with Crippen molar-refractivity contribution in [3.63, 3.8) is 0 Å². The van der Waals surface area contributed by atoms with Crippen LogP contribution in [-0.4, -0.2) is 9.97 Å². The van der Waals surface area contributed by atoms with Crippen LogP contribution in [0.2, 0.25) is 0 Å². The molecular weight excluding hydrogens is 132 g/mol. The van der Waals surface area contributed by atoms with Crippen LogP contribution in [0.1, 0.15) is 17.9 Å². The zero-order valence-corrected chi connectivity index (χ0v) is 5.93. The minimum Gasteiger partial charge on any atom is -0.261 e. The zero-order chi connectivity index (χ0) is 6.69. The van der Waals surface area contributed by atoms with Crippen molar-refractivity contribution in [2.24, 2.45) is 0 Å². The molecule has 1 unspecified atom stereocenters. The SMILES string of the molecule is CC([S])c1cnccn1. The fourth-order valence-electron chi connectivity index (χ4n) is 0.521. The van der Waals surface area contributed by atoms with Crippen LogP contribution in [0.3, 0.4) is 0 Å². The first-order valence-corrected chi connectivity index (χ1v) is 3.19. The van der Waals surface area contributed by atoms with E-state index in [4.69, 9.17) is 12.6 Å². The van der Waals surface area contributed by atoms with Crippen molar-refractivity contribution in [1.82, 2.24) is 9.97 Å². The molecule has 3 heteroatoms. The number of nitrogens with zero attached hydrogens (tertiary/aromatic N) is 2. The van der Waals surface area contributed by atoms with Gasteiger partial charge in [0.1, 0.15) is 0 Å². The van der Waals surface area contributed by atoms with Crippen molar-refractivity contribution in [3.8, 4) is 0 Å². The van der Waals surface area contributed by atoms with Crippen LogP contribution >= 0.6 is 12.6 Å². The first-order chi connectivity index (χ1) is 4.30. The first-order valence-electron chi connectivity index (χ1n) is 2.72. The van der Waals surface area contributed by atoms with Crippen LogP contribution in [0.4, 0.5) is 0 Å². The number of hydrogen-bond acceptors (Lipinski definition) is 2. The standard InChI is InChI=1S/C6H7N2S/c1-5(9)6-4-7-2-3-8-6/h2-5H,1H3. The molecule has 1 rings (SSSR count). The smallest absolute Gasteiger partial charge is 0.0722 e. The summed E-state index contributed by atoms with van der Waals surface area (Å²) in [7, 11) is 0. The van der Waals surface area contributed by atoms with E-state index in [0.29, 0.717) is 0 Å². The van der Waals surface area contributed by atoms with Gasteiger partial charge in [-0.05, 0) is 6.92 Å². The van der Waals surface area contributed by atoms with Crippen LogP contribution in [0.15, 0.2) is 18.6 Å². The van der Waals surface area contributed by atoms with Gasteiger partial charge >= 0.3 is 0 Å². The summed E-state index contributed by atoms with van der Waals surface area (Å²) < 4.78 is 0. The van der Waals surface area contributed by atoms with E-state index < -0.39 is 0 Å². The summed E-state index contributed by atoms with van der Waals surface area (Å²) in [6.07, 6.45) is 4.98. The number of aromatic nitrogens is 2. The van der Waals surface area contributed by atoms with Crippen molar-refractivity contribution in [2.75, 3.05) is 0 Å². The summed E-state index contributed by atoms with van der Waals surface area (Å²) in [5, 5.41) is 0.0682. The lowest BCUT2D eigenvalue weighted by Gasteiger charge is -1.97. The van der Waals surface area contributed by atoms with E-state index in [2.05, 4.69) is 9.97 Å². The Kier molecular flexibility index (Phi) is 2.05. The van der Waals surface area contributed by atoms with Gasteiger partial charge in [-0.25, -0.2) is 0 Å². The van der Waals surface area contributed by atoms with E-state index >= 15 is 0 Å². The van der Waals surface area contributed by atoms with Crippen molar-refractivity contribution in [2.45, 2.75) is 12.2 Å². The molecule has 0 saturated carbocycles. The van der Waals surface area contributed by atoms with Gasteiger partial charge in [0.15, 0.2) is 0 Å². The fraction of sp³-hybridized carbons (Fsp3) is 0.333. The Morgan fingerprint density at radius 2 is 2.33 bits per heavy atom. The average molecular weight is 139 g/mol. The van der Waals surface area contributed by atoms with Gasteiger partial charge in [0.25, 0.3) is 0 Å². The molecule has 1 aromatic heterocycles. The molecule has 0 bridgehead atoms. The molecule has 0 fully saturated rings. The molecule has 0 aliphatic rings. The van der Waals surface area contributed by atoms with E-state index in [0.717, 1.165) is 5.69 Å². The van der Waals surface area contributed by atoms with E-state index in [1.165, 1.54) is 0 Å². The van der Waals surface area contributed by atoms with Gasteiger partial charge in [-0.2, -0.15) is 0 Å². The predicted octanol–water partition coefficient (Wildman–Crippen LogP) is 1.74. The Balaban J connectivity index is 2.85. The second-order valence-electron chi connectivity index (χ2n) is 1.77. The summed E-state index contributed by atoms with van der Waals surface area (Å²) in [5.41, 5.74) is 0.868. The molecule has 1 radical (unpaired) electrons. The molecule has 0 saturated heterocycles. The van der Waals surface area contributed by atoms with E-state index in [9.17, 15) is 0 Å². The third-order valence-corrected chi connectivity index (χ3v) is 1.24. The Hall–Kier alpha value is -0.570. The van der Waals surface area contributed by atoms with Gasteiger partial charge in [0.05, 0.1) is 10.9 Å². The van der Waals surface area contributed by atoms with Gasteiger partial charge in [0.2, 0.25) is 0 Å². The summed E-state index contributed by atoms with van der Waals surface area (Å²) in [6, 6.07) is 0. The molecule has 1 aromatic rings. The molecular formula is C6H7N2S. The Bertz CT molecular complexity index is 174. The highest BCUT2D eigenvalue weighted by Gasteiger charge is 1.98. The van der Waals surface area contributed by atoms with E-state index in [1.807, 2.05) is 6.92 Å². The zero-order valence-electron chi connectivity index (χ0n) is 5.11. The maximum absolute atomic E-state index is 4.94. The quantitative estimate of drug-likeness (QED) is 0.592. The summed E-state index contributed by atoms with van der Waals surface area (Å²) >= 11 is 4.94. The topological polar surface area (TPSA) is 25.8 Å².